The van der Waals surface area contributed by atoms with Crippen molar-refractivity contribution < 1.29 is 15.0 Å². The summed E-state index contributed by atoms with van der Waals surface area (Å²) >= 11 is 0. The highest BCUT2D eigenvalue weighted by Crippen LogP contribution is 2.67. The van der Waals surface area contributed by atoms with Crippen LogP contribution in [0, 0.1) is 34.5 Å². The van der Waals surface area contributed by atoms with Gasteiger partial charge in [-0.1, -0.05) is 25.5 Å². The van der Waals surface area contributed by atoms with E-state index in [0.29, 0.717) is 23.2 Å². The van der Waals surface area contributed by atoms with Gasteiger partial charge in [0, 0.05) is 6.42 Å². The average Bonchev–Trinajstić information content (AvgIpc) is 2.92. The molecule has 4 rings (SSSR count). The number of carboxylic acids is 1. The summed E-state index contributed by atoms with van der Waals surface area (Å²) in [5.74, 6) is 2.45. The predicted molar refractivity (Wildman–Crippen MR) is 107 cm³/mol. The average molecular weight is 375 g/mol. The van der Waals surface area contributed by atoms with Crippen LogP contribution in [0.5, 0.6) is 0 Å². The lowest BCUT2D eigenvalue weighted by Gasteiger charge is -2.59. The van der Waals surface area contributed by atoms with Crippen LogP contribution >= 0.6 is 0 Å². The molecule has 0 aromatic rings. The molecular formula is C24H38O3. The first-order valence-corrected chi connectivity index (χ1v) is 11.3. The van der Waals surface area contributed by atoms with Gasteiger partial charge in [0.1, 0.15) is 0 Å². The molecule has 7 atom stereocenters. The molecule has 3 unspecified atom stereocenters. The summed E-state index contributed by atoms with van der Waals surface area (Å²) < 4.78 is 0. The Bertz CT molecular complexity index is 636. The molecule has 3 nitrogen and oxygen atoms in total. The van der Waals surface area contributed by atoms with E-state index >= 15 is 0 Å². The lowest BCUT2D eigenvalue weighted by Crippen LogP contribution is -2.51. The summed E-state index contributed by atoms with van der Waals surface area (Å²) in [5.41, 5.74) is 1.75. The molecule has 0 radical (unpaired) electrons. The molecule has 0 aliphatic heterocycles. The summed E-state index contributed by atoms with van der Waals surface area (Å²) in [5, 5.41) is 19.6. The molecule has 27 heavy (non-hydrogen) atoms. The number of carboxylic acid groups (broad SMARTS) is 1. The monoisotopic (exact) mass is 374 g/mol. The fourth-order valence-electron chi connectivity index (χ4n) is 7.89. The van der Waals surface area contributed by atoms with Crippen molar-refractivity contribution in [3.63, 3.8) is 0 Å². The van der Waals surface area contributed by atoms with Gasteiger partial charge in [-0.05, 0) is 106 Å². The second-order valence-corrected chi connectivity index (χ2v) is 11.0. The van der Waals surface area contributed by atoms with Crippen molar-refractivity contribution in [2.24, 2.45) is 34.5 Å². The Hall–Kier alpha value is -0.830. The van der Waals surface area contributed by atoms with Gasteiger partial charge in [-0.3, -0.25) is 4.79 Å². The van der Waals surface area contributed by atoms with E-state index in [9.17, 15) is 9.90 Å². The Balaban J connectivity index is 1.52. The molecule has 0 aromatic carbocycles. The second kappa shape index (κ2) is 6.61. The van der Waals surface area contributed by atoms with Crippen LogP contribution in [0.1, 0.15) is 91.4 Å². The fraction of sp³-hybridized carbons (Fsp3) is 0.875. The third-order valence-electron chi connectivity index (χ3n) is 9.52. The van der Waals surface area contributed by atoms with E-state index in [2.05, 4.69) is 19.9 Å². The lowest BCUT2D eigenvalue weighted by molar-refractivity contribution is -0.137. The first kappa shape index (κ1) is 19.5. The van der Waals surface area contributed by atoms with E-state index in [0.717, 1.165) is 49.9 Å². The minimum atomic E-state index is -0.649. The third-order valence-corrected chi connectivity index (χ3v) is 9.52. The van der Waals surface area contributed by atoms with Crippen molar-refractivity contribution >= 4 is 5.97 Å². The fourth-order valence-corrected chi connectivity index (χ4v) is 7.89. The first-order valence-electron chi connectivity index (χ1n) is 11.3. The number of hydrogen-bond acceptors (Lipinski definition) is 2. The van der Waals surface area contributed by atoms with Gasteiger partial charge in [0.2, 0.25) is 0 Å². The van der Waals surface area contributed by atoms with Gasteiger partial charge in [-0.15, -0.1) is 0 Å². The Morgan fingerprint density at radius 3 is 2.63 bits per heavy atom. The molecule has 0 heterocycles. The highest BCUT2D eigenvalue weighted by atomic mass is 16.4. The summed E-state index contributed by atoms with van der Waals surface area (Å²) in [4.78, 5) is 10.9. The van der Waals surface area contributed by atoms with E-state index in [-0.39, 0.29) is 0 Å². The molecule has 0 amide bonds. The van der Waals surface area contributed by atoms with Crippen LogP contribution < -0.4 is 0 Å². The van der Waals surface area contributed by atoms with Gasteiger partial charge < -0.3 is 10.2 Å². The third kappa shape index (κ3) is 3.18. The maximum Gasteiger partial charge on any atom is 0.303 e. The quantitative estimate of drug-likeness (QED) is 0.632. The second-order valence-electron chi connectivity index (χ2n) is 11.0. The zero-order valence-corrected chi connectivity index (χ0v) is 17.5. The van der Waals surface area contributed by atoms with Crippen LogP contribution in [0.25, 0.3) is 0 Å². The molecule has 0 aromatic heterocycles. The van der Waals surface area contributed by atoms with Crippen molar-refractivity contribution in [1.29, 1.82) is 0 Å². The first-order chi connectivity index (χ1) is 12.7. The smallest absolute Gasteiger partial charge is 0.303 e. The molecule has 4 aliphatic rings. The normalized spacial score (nSPS) is 49.0. The number of hydrogen-bond donors (Lipinski definition) is 2. The van der Waals surface area contributed by atoms with Crippen molar-refractivity contribution in [2.45, 2.75) is 97.0 Å². The molecule has 3 fully saturated rings. The van der Waals surface area contributed by atoms with Crippen LogP contribution in [0.2, 0.25) is 0 Å². The van der Waals surface area contributed by atoms with Crippen LogP contribution in [-0.2, 0) is 4.79 Å². The number of aliphatic carboxylic acids is 1. The highest BCUT2D eigenvalue weighted by molar-refractivity contribution is 5.66. The van der Waals surface area contributed by atoms with E-state index in [1.54, 1.807) is 5.57 Å². The Kier molecular flexibility index (Phi) is 4.77. The van der Waals surface area contributed by atoms with Crippen molar-refractivity contribution in [3.8, 4) is 0 Å². The largest absolute Gasteiger partial charge is 0.481 e. The maximum absolute atomic E-state index is 10.9. The molecular weight excluding hydrogens is 336 g/mol. The Morgan fingerprint density at radius 2 is 1.89 bits per heavy atom. The predicted octanol–water partition coefficient (Wildman–Crippen LogP) is 5.57. The van der Waals surface area contributed by atoms with Gasteiger partial charge in [0.15, 0.2) is 0 Å². The summed E-state index contributed by atoms with van der Waals surface area (Å²) in [6.07, 6.45) is 14.2. The highest BCUT2D eigenvalue weighted by Gasteiger charge is 2.58. The zero-order chi connectivity index (χ0) is 19.4. The number of rotatable bonds is 4. The van der Waals surface area contributed by atoms with Gasteiger partial charge >= 0.3 is 5.97 Å². The molecule has 3 saturated carbocycles. The molecule has 0 spiro atoms. The van der Waals surface area contributed by atoms with Crippen LogP contribution in [-0.4, -0.2) is 21.8 Å². The Morgan fingerprint density at radius 1 is 1.11 bits per heavy atom. The maximum atomic E-state index is 10.9. The molecule has 4 aliphatic carbocycles. The van der Waals surface area contributed by atoms with Crippen molar-refractivity contribution in [3.05, 3.63) is 11.6 Å². The number of carbonyl (C=O) groups is 1. The van der Waals surface area contributed by atoms with E-state index in [4.69, 9.17) is 5.11 Å². The summed E-state index contributed by atoms with van der Waals surface area (Å²) in [6, 6.07) is 0. The van der Waals surface area contributed by atoms with Crippen molar-refractivity contribution in [2.75, 3.05) is 0 Å². The lowest BCUT2D eigenvalue weighted by atomic mass is 9.46. The van der Waals surface area contributed by atoms with Crippen molar-refractivity contribution in [1.82, 2.24) is 0 Å². The number of fused-ring (bicyclic) bond motifs is 5. The van der Waals surface area contributed by atoms with Crippen LogP contribution in [0.15, 0.2) is 11.6 Å². The Labute approximate surface area is 164 Å². The molecule has 2 N–H and O–H groups in total. The topological polar surface area (TPSA) is 57.5 Å². The minimum Gasteiger partial charge on any atom is -0.481 e. The molecule has 0 saturated heterocycles. The van der Waals surface area contributed by atoms with Gasteiger partial charge in [-0.25, -0.2) is 0 Å². The minimum absolute atomic E-state index is 0.299. The van der Waals surface area contributed by atoms with Gasteiger partial charge in [0.25, 0.3) is 0 Å². The number of aliphatic hydroxyl groups is 1. The van der Waals surface area contributed by atoms with E-state index in [1.807, 2.05) is 6.92 Å². The standard InChI is InChI=1S/C24H38O3/c1-22(27)13-14-24(3)17(15-22)7-9-18-19-10-8-16(5-4-6-21(25)26)23(19,2)12-11-20(18)24/h7,16,18-20,27H,4-6,8-15H2,1-3H3,(H,25,26)/t16-,18?,19?,20?,22-,23+,24-/m0/s1. The van der Waals surface area contributed by atoms with E-state index in [1.165, 1.54) is 32.1 Å². The molecule has 3 heteroatoms. The van der Waals surface area contributed by atoms with Crippen LogP contribution in [0.3, 0.4) is 0 Å². The summed E-state index contributed by atoms with van der Waals surface area (Å²) in [7, 11) is 0. The number of allylic oxidation sites excluding steroid dienone is 1. The van der Waals surface area contributed by atoms with Gasteiger partial charge in [0.05, 0.1) is 5.60 Å². The molecule has 0 bridgehead atoms. The van der Waals surface area contributed by atoms with Gasteiger partial charge in [-0.2, -0.15) is 0 Å². The van der Waals surface area contributed by atoms with Crippen LogP contribution in [0.4, 0.5) is 0 Å². The molecule has 152 valence electrons. The van der Waals surface area contributed by atoms with E-state index < -0.39 is 11.6 Å². The zero-order valence-electron chi connectivity index (χ0n) is 17.5. The SMILES string of the molecule is C[C@]1(O)CC[C@@]2(C)C(=CCC3C2CC[C@@]2(C)C3CC[C@@H]2CCCC(=O)O)C1. The summed E-state index contributed by atoms with van der Waals surface area (Å²) in [6.45, 7) is 7.03.